The highest BCUT2D eigenvalue weighted by Crippen LogP contribution is 2.27. The number of benzene rings is 1. The van der Waals surface area contributed by atoms with Gasteiger partial charge in [0, 0.05) is 10.9 Å². The Morgan fingerprint density at radius 1 is 1.32 bits per heavy atom. The summed E-state index contributed by atoms with van der Waals surface area (Å²) in [6, 6.07) is 5.05. The average molecular weight is 278 g/mol. The number of thiazole rings is 1. The zero-order valence-electron chi connectivity index (χ0n) is 10.7. The van der Waals surface area contributed by atoms with Crippen LogP contribution in [-0.2, 0) is 6.54 Å². The molecular formula is C13H14N2O3S. The Hall–Kier alpha value is -2.08. The fraction of sp³-hybridized carbons (Fsp3) is 0.231. The van der Waals surface area contributed by atoms with Crippen LogP contribution in [0, 0.1) is 0 Å². The maximum atomic E-state index is 12.0. The number of carbonyl (C=O) groups is 1. The zero-order valence-corrected chi connectivity index (χ0v) is 11.5. The standard InChI is InChI=1S/C13H14N2O3S/c1-17-11-4-3-9(5-12(11)18-2)13(16)14-6-10-7-19-8-15-10/h3-5,7-8H,6H2,1-2H3,(H,14,16). The van der Waals surface area contributed by atoms with E-state index in [4.69, 9.17) is 9.47 Å². The third-order valence-corrected chi connectivity index (χ3v) is 3.19. The van der Waals surface area contributed by atoms with E-state index in [0.29, 0.717) is 23.6 Å². The van der Waals surface area contributed by atoms with Gasteiger partial charge in [-0.2, -0.15) is 0 Å². The van der Waals surface area contributed by atoms with Crippen LogP contribution < -0.4 is 14.8 Å². The molecule has 1 aromatic heterocycles. The molecule has 0 unspecified atom stereocenters. The molecule has 0 spiro atoms. The van der Waals surface area contributed by atoms with Crippen molar-refractivity contribution in [2.24, 2.45) is 0 Å². The molecule has 0 aliphatic heterocycles. The average Bonchev–Trinajstić information content (AvgIpc) is 2.97. The fourth-order valence-corrected chi connectivity index (χ4v) is 2.13. The minimum absolute atomic E-state index is 0.172. The zero-order chi connectivity index (χ0) is 13.7. The number of nitrogens with zero attached hydrogens (tertiary/aromatic N) is 1. The highest BCUT2D eigenvalue weighted by Gasteiger charge is 2.10. The lowest BCUT2D eigenvalue weighted by molar-refractivity contribution is 0.0950. The molecule has 5 nitrogen and oxygen atoms in total. The van der Waals surface area contributed by atoms with Crippen LogP contribution in [0.4, 0.5) is 0 Å². The minimum atomic E-state index is -0.172. The van der Waals surface area contributed by atoms with Crippen LogP contribution in [-0.4, -0.2) is 25.1 Å². The van der Waals surface area contributed by atoms with Crippen molar-refractivity contribution in [2.75, 3.05) is 14.2 Å². The van der Waals surface area contributed by atoms with Gasteiger partial charge in [-0.3, -0.25) is 4.79 Å². The molecule has 0 fully saturated rings. The summed E-state index contributed by atoms with van der Waals surface area (Å²) in [7, 11) is 3.09. The van der Waals surface area contributed by atoms with E-state index in [1.807, 2.05) is 5.38 Å². The first-order valence-electron chi connectivity index (χ1n) is 5.62. The molecule has 0 saturated carbocycles. The molecule has 1 heterocycles. The van der Waals surface area contributed by atoms with Gasteiger partial charge in [0.2, 0.25) is 0 Å². The fourth-order valence-electron chi connectivity index (χ4n) is 1.58. The summed E-state index contributed by atoms with van der Waals surface area (Å²) >= 11 is 1.50. The lowest BCUT2D eigenvalue weighted by Crippen LogP contribution is -2.22. The largest absolute Gasteiger partial charge is 0.493 e. The highest BCUT2D eigenvalue weighted by molar-refractivity contribution is 7.07. The predicted octanol–water partition coefficient (Wildman–Crippen LogP) is 2.09. The molecular weight excluding hydrogens is 264 g/mol. The molecule has 0 aliphatic rings. The summed E-state index contributed by atoms with van der Waals surface area (Å²) in [6.45, 7) is 0.413. The van der Waals surface area contributed by atoms with Crippen LogP contribution in [0.1, 0.15) is 16.1 Å². The number of rotatable bonds is 5. The van der Waals surface area contributed by atoms with Crippen LogP contribution in [0.5, 0.6) is 11.5 Å². The summed E-state index contributed by atoms with van der Waals surface area (Å²) in [4.78, 5) is 16.1. The van der Waals surface area contributed by atoms with E-state index in [0.717, 1.165) is 5.69 Å². The minimum Gasteiger partial charge on any atom is -0.493 e. The molecule has 6 heteroatoms. The second-order valence-electron chi connectivity index (χ2n) is 3.73. The van der Waals surface area contributed by atoms with Crippen molar-refractivity contribution >= 4 is 17.2 Å². The molecule has 0 saturated heterocycles. The van der Waals surface area contributed by atoms with Gasteiger partial charge in [0.1, 0.15) is 0 Å². The molecule has 1 N–H and O–H groups in total. The Morgan fingerprint density at radius 2 is 2.11 bits per heavy atom. The Kier molecular flexibility index (Phi) is 4.35. The molecule has 100 valence electrons. The van der Waals surface area contributed by atoms with Crippen molar-refractivity contribution in [2.45, 2.75) is 6.54 Å². The van der Waals surface area contributed by atoms with Crippen LogP contribution in [0.15, 0.2) is 29.1 Å². The van der Waals surface area contributed by atoms with E-state index in [2.05, 4.69) is 10.3 Å². The van der Waals surface area contributed by atoms with Crippen molar-refractivity contribution in [3.63, 3.8) is 0 Å². The van der Waals surface area contributed by atoms with Gasteiger partial charge >= 0.3 is 0 Å². The van der Waals surface area contributed by atoms with Gasteiger partial charge in [0.15, 0.2) is 11.5 Å². The molecule has 19 heavy (non-hydrogen) atoms. The topological polar surface area (TPSA) is 60.5 Å². The summed E-state index contributed by atoms with van der Waals surface area (Å²) in [5, 5.41) is 4.70. The van der Waals surface area contributed by atoms with Gasteiger partial charge in [-0.25, -0.2) is 4.98 Å². The number of hydrogen-bond acceptors (Lipinski definition) is 5. The van der Waals surface area contributed by atoms with E-state index in [1.54, 1.807) is 30.8 Å². The Morgan fingerprint density at radius 3 is 2.74 bits per heavy atom. The SMILES string of the molecule is COc1ccc(C(=O)NCc2cscn2)cc1OC. The molecule has 1 amide bonds. The molecule has 2 rings (SSSR count). The third-order valence-electron chi connectivity index (χ3n) is 2.56. The second-order valence-corrected chi connectivity index (χ2v) is 4.45. The molecule has 0 aliphatic carbocycles. The maximum absolute atomic E-state index is 12.0. The smallest absolute Gasteiger partial charge is 0.251 e. The Labute approximate surface area is 115 Å². The quantitative estimate of drug-likeness (QED) is 0.909. The molecule has 0 radical (unpaired) electrons. The number of nitrogens with one attached hydrogen (secondary N) is 1. The van der Waals surface area contributed by atoms with E-state index < -0.39 is 0 Å². The van der Waals surface area contributed by atoms with E-state index in [1.165, 1.54) is 18.4 Å². The van der Waals surface area contributed by atoms with Crippen molar-refractivity contribution in [1.82, 2.24) is 10.3 Å². The van der Waals surface area contributed by atoms with Crippen LogP contribution >= 0.6 is 11.3 Å². The van der Waals surface area contributed by atoms with Crippen LogP contribution in [0.3, 0.4) is 0 Å². The number of carbonyl (C=O) groups excluding carboxylic acids is 1. The predicted molar refractivity (Wildman–Crippen MR) is 72.8 cm³/mol. The number of hydrogen-bond donors (Lipinski definition) is 1. The normalized spacial score (nSPS) is 10.0. The summed E-state index contributed by atoms with van der Waals surface area (Å²) in [5.74, 6) is 0.955. The van der Waals surface area contributed by atoms with Crippen molar-refractivity contribution in [3.8, 4) is 11.5 Å². The summed E-state index contributed by atoms with van der Waals surface area (Å²) < 4.78 is 10.3. The van der Waals surface area contributed by atoms with Gasteiger partial charge in [0.25, 0.3) is 5.91 Å². The highest BCUT2D eigenvalue weighted by atomic mass is 32.1. The summed E-state index contributed by atoms with van der Waals surface area (Å²) in [6.07, 6.45) is 0. The maximum Gasteiger partial charge on any atom is 0.251 e. The Balaban J connectivity index is 2.06. The lowest BCUT2D eigenvalue weighted by Gasteiger charge is -2.09. The first-order chi connectivity index (χ1) is 9.24. The van der Waals surface area contributed by atoms with Crippen molar-refractivity contribution in [1.29, 1.82) is 0 Å². The second kappa shape index (κ2) is 6.19. The lowest BCUT2D eigenvalue weighted by atomic mass is 10.2. The summed E-state index contributed by atoms with van der Waals surface area (Å²) in [5.41, 5.74) is 3.10. The van der Waals surface area contributed by atoms with E-state index in [9.17, 15) is 4.79 Å². The monoisotopic (exact) mass is 278 g/mol. The first kappa shape index (κ1) is 13.4. The number of amides is 1. The number of ether oxygens (including phenoxy) is 2. The van der Waals surface area contributed by atoms with Gasteiger partial charge < -0.3 is 14.8 Å². The molecule has 0 bridgehead atoms. The van der Waals surface area contributed by atoms with Gasteiger partial charge in [0.05, 0.1) is 32.0 Å². The molecule has 2 aromatic rings. The van der Waals surface area contributed by atoms with Crippen LogP contribution in [0.25, 0.3) is 0 Å². The molecule has 0 atom stereocenters. The third kappa shape index (κ3) is 3.23. The van der Waals surface area contributed by atoms with E-state index in [-0.39, 0.29) is 5.91 Å². The van der Waals surface area contributed by atoms with Gasteiger partial charge in [-0.15, -0.1) is 11.3 Å². The first-order valence-corrected chi connectivity index (χ1v) is 6.56. The van der Waals surface area contributed by atoms with Crippen LogP contribution in [0.2, 0.25) is 0 Å². The number of aromatic nitrogens is 1. The van der Waals surface area contributed by atoms with Crippen molar-refractivity contribution < 1.29 is 14.3 Å². The van der Waals surface area contributed by atoms with E-state index >= 15 is 0 Å². The van der Waals surface area contributed by atoms with Gasteiger partial charge in [-0.1, -0.05) is 0 Å². The van der Waals surface area contributed by atoms with Gasteiger partial charge in [-0.05, 0) is 18.2 Å². The Bertz CT molecular complexity index is 555. The number of methoxy groups -OCH3 is 2. The molecule has 1 aromatic carbocycles. The van der Waals surface area contributed by atoms with Crippen molar-refractivity contribution in [3.05, 3.63) is 40.3 Å².